The van der Waals surface area contributed by atoms with Gasteiger partial charge in [0.25, 0.3) is 0 Å². The van der Waals surface area contributed by atoms with E-state index < -0.39 is 6.04 Å². The largest absolute Gasteiger partial charge is 0.474 e. The van der Waals surface area contributed by atoms with Crippen LogP contribution < -0.4 is 15.8 Å². The van der Waals surface area contributed by atoms with Gasteiger partial charge in [-0.25, -0.2) is 4.98 Å². The minimum absolute atomic E-state index is 0.141. The summed E-state index contributed by atoms with van der Waals surface area (Å²) in [7, 11) is 0. The van der Waals surface area contributed by atoms with Crippen molar-refractivity contribution in [1.29, 1.82) is 0 Å². The molecular formula is C30H31ClN6O2. The normalized spacial score (nSPS) is 21.2. The third-order valence-corrected chi connectivity index (χ3v) is 7.92. The predicted molar refractivity (Wildman–Crippen MR) is 149 cm³/mol. The van der Waals surface area contributed by atoms with Gasteiger partial charge in [0.05, 0.1) is 5.69 Å². The summed E-state index contributed by atoms with van der Waals surface area (Å²) in [5.74, 6) is 2.50. The minimum Gasteiger partial charge on any atom is -0.474 e. The summed E-state index contributed by atoms with van der Waals surface area (Å²) in [5.41, 5.74) is 9.13. The number of nitrogens with zero attached hydrogens (tertiary/aromatic N) is 4. The van der Waals surface area contributed by atoms with Crippen LogP contribution in [0.15, 0.2) is 72.9 Å². The summed E-state index contributed by atoms with van der Waals surface area (Å²) >= 11 is 6.42. The number of carbonyl (C=O) groups excluding carboxylic acids is 1. The fourth-order valence-electron chi connectivity index (χ4n) is 5.71. The molecule has 1 amide bonds. The molecule has 0 bridgehead atoms. The summed E-state index contributed by atoms with van der Waals surface area (Å²) < 4.78 is 8.29. The van der Waals surface area contributed by atoms with Crippen LogP contribution in [0.1, 0.15) is 60.4 Å². The highest BCUT2D eigenvalue weighted by molar-refractivity contribution is 6.30. The van der Waals surface area contributed by atoms with Gasteiger partial charge in [0.1, 0.15) is 23.8 Å². The lowest BCUT2D eigenvalue weighted by Gasteiger charge is -2.28. The van der Waals surface area contributed by atoms with E-state index in [0.717, 1.165) is 54.1 Å². The molecule has 3 N–H and O–H groups in total. The summed E-state index contributed by atoms with van der Waals surface area (Å²) in [6, 6.07) is 20.1. The molecule has 0 radical (unpaired) electrons. The Hall–Kier alpha value is -3.75. The van der Waals surface area contributed by atoms with E-state index in [1.54, 1.807) is 6.20 Å². The SMILES string of the molecule is N[C@@H](C(=O)N[C@@H]1Cc2cc(Cl)ccc2-n2c(nnc2C2CCC(Oc3ccccn3)CC2)C1)c1ccccc1. The number of hydrogen-bond donors (Lipinski definition) is 2. The highest BCUT2D eigenvalue weighted by Gasteiger charge is 2.32. The van der Waals surface area contributed by atoms with Crippen LogP contribution >= 0.6 is 11.6 Å². The Balaban J connectivity index is 1.22. The number of ether oxygens (including phenoxy) is 1. The molecule has 2 atom stereocenters. The van der Waals surface area contributed by atoms with E-state index in [1.165, 1.54) is 0 Å². The van der Waals surface area contributed by atoms with E-state index in [9.17, 15) is 4.79 Å². The summed E-state index contributed by atoms with van der Waals surface area (Å²) in [6.07, 6.45) is 6.81. The van der Waals surface area contributed by atoms with Crippen LogP contribution in [-0.2, 0) is 17.6 Å². The average Bonchev–Trinajstić information content (AvgIpc) is 3.30. The lowest BCUT2D eigenvalue weighted by Crippen LogP contribution is -2.42. The Bertz CT molecular complexity index is 1440. The molecular weight excluding hydrogens is 512 g/mol. The second kappa shape index (κ2) is 11.2. The Morgan fingerprint density at radius 2 is 1.79 bits per heavy atom. The van der Waals surface area contributed by atoms with Crippen LogP contribution in [0.5, 0.6) is 5.88 Å². The number of carbonyl (C=O) groups is 1. The molecule has 39 heavy (non-hydrogen) atoms. The highest BCUT2D eigenvalue weighted by Crippen LogP contribution is 2.37. The van der Waals surface area contributed by atoms with Crippen molar-refractivity contribution in [2.24, 2.45) is 5.73 Å². The third kappa shape index (κ3) is 5.53. The van der Waals surface area contributed by atoms with Crippen LogP contribution in [0, 0.1) is 0 Å². The fourth-order valence-corrected chi connectivity index (χ4v) is 5.91. The fraction of sp³-hybridized carbons (Fsp3) is 0.333. The van der Waals surface area contributed by atoms with E-state index in [2.05, 4.69) is 25.1 Å². The second-order valence-electron chi connectivity index (χ2n) is 10.3. The molecule has 1 aliphatic heterocycles. The third-order valence-electron chi connectivity index (χ3n) is 7.68. The zero-order valence-electron chi connectivity index (χ0n) is 21.5. The topological polar surface area (TPSA) is 108 Å². The predicted octanol–water partition coefficient (Wildman–Crippen LogP) is 4.70. The Labute approximate surface area is 232 Å². The van der Waals surface area contributed by atoms with E-state index in [4.69, 9.17) is 22.1 Å². The number of rotatable bonds is 6. The standard InChI is InChI=1S/C30H31ClN6O2/c31-22-11-14-25-21(16-22)17-23(34-30(38)28(32)19-6-2-1-3-7-19)18-26-35-36-29(37(25)26)20-9-12-24(13-10-20)39-27-8-4-5-15-33-27/h1-8,11,14-16,20,23-24,28H,9-10,12-13,17-18,32H2,(H,34,38)/t20?,23-,24?,28-/m1/s1. The number of fused-ring (bicyclic) bond motifs is 3. The molecule has 6 rings (SSSR count). The van der Waals surface area contributed by atoms with Gasteiger partial charge in [-0.2, -0.15) is 0 Å². The van der Waals surface area contributed by atoms with Crippen molar-refractivity contribution >= 4 is 17.5 Å². The zero-order chi connectivity index (χ0) is 26.8. The second-order valence-corrected chi connectivity index (χ2v) is 10.8. The number of pyridine rings is 1. The van der Waals surface area contributed by atoms with Gasteiger partial charge in [0.15, 0.2) is 0 Å². The quantitative estimate of drug-likeness (QED) is 0.365. The van der Waals surface area contributed by atoms with E-state index in [1.807, 2.05) is 66.7 Å². The molecule has 1 fully saturated rings. The first kappa shape index (κ1) is 25.5. The van der Waals surface area contributed by atoms with E-state index in [-0.39, 0.29) is 24.0 Å². The van der Waals surface area contributed by atoms with Crippen molar-refractivity contribution < 1.29 is 9.53 Å². The number of amides is 1. The smallest absolute Gasteiger partial charge is 0.241 e. The molecule has 0 saturated heterocycles. The van der Waals surface area contributed by atoms with Gasteiger partial charge >= 0.3 is 0 Å². The van der Waals surface area contributed by atoms with Crippen molar-refractivity contribution in [2.45, 2.75) is 62.6 Å². The van der Waals surface area contributed by atoms with Crippen molar-refractivity contribution in [3.63, 3.8) is 0 Å². The monoisotopic (exact) mass is 542 g/mol. The van der Waals surface area contributed by atoms with Crippen molar-refractivity contribution in [3.8, 4) is 11.6 Å². The molecule has 2 aliphatic rings. The Morgan fingerprint density at radius 1 is 1.00 bits per heavy atom. The molecule has 8 nitrogen and oxygen atoms in total. The minimum atomic E-state index is -0.745. The lowest BCUT2D eigenvalue weighted by molar-refractivity contribution is -0.123. The van der Waals surface area contributed by atoms with Crippen molar-refractivity contribution in [2.75, 3.05) is 0 Å². The van der Waals surface area contributed by atoms with Gasteiger partial charge in [-0.05, 0) is 67.5 Å². The summed E-state index contributed by atoms with van der Waals surface area (Å²) in [6.45, 7) is 0. The number of aromatic nitrogens is 4. The van der Waals surface area contributed by atoms with E-state index >= 15 is 0 Å². The van der Waals surface area contributed by atoms with Crippen LogP contribution in [0.4, 0.5) is 0 Å². The first-order chi connectivity index (χ1) is 19.0. The lowest BCUT2D eigenvalue weighted by atomic mass is 9.86. The van der Waals surface area contributed by atoms with Gasteiger partial charge in [-0.15, -0.1) is 10.2 Å². The summed E-state index contributed by atoms with van der Waals surface area (Å²) in [5, 5.41) is 13.1. The first-order valence-corrected chi connectivity index (χ1v) is 13.8. The highest BCUT2D eigenvalue weighted by atomic mass is 35.5. The maximum Gasteiger partial charge on any atom is 0.241 e. The van der Waals surface area contributed by atoms with Gasteiger partial charge in [0.2, 0.25) is 11.8 Å². The van der Waals surface area contributed by atoms with Gasteiger partial charge in [0, 0.05) is 35.7 Å². The van der Waals surface area contributed by atoms with Crippen LogP contribution in [0.25, 0.3) is 5.69 Å². The molecule has 9 heteroatoms. The molecule has 1 saturated carbocycles. The molecule has 0 spiro atoms. The number of nitrogens with one attached hydrogen (secondary N) is 1. The molecule has 2 aromatic heterocycles. The Kier molecular flexibility index (Phi) is 7.30. The summed E-state index contributed by atoms with van der Waals surface area (Å²) in [4.78, 5) is 17.4. The van der Waals surface area contributed by atoms with Gasteiger partial charge in [-0.1, -0.05) is 48.0 Å². The molecule has 4 aromatic rings. The first-order valence-electron chi connectivity index (χ1n) is 13.5. The Morgan fingerprint density at radius 3 is 2.56 bits per heavy atom. The van der Waals surface area contributed by atoms with Crippen molar-refractivity contribution in [3.05, 3.63) is 101 Å². The number of nitrogens with two attached hydrogens (primary N) is 1. The zero-order valence-corrected chi connectivity index (χ0v) is 22.3. The average molecular weight is 543 g/mol. The molecule has 200 valence electrons. The maximum atomic E-state index is 13.1. The van der Waals surface area contributed by atoms with Crippen LogP contribution in [-0.4, -0.2) is 37.8 Å². The molecule has 3 heterocycles. The molecule has 2 aromatic carbocycles. The number of halogens is 1. The number of benzene rings is 2. The van der Waals surface area contributed by atoms with Crippen molar-refractivity contribution in [1.82, 2.24) is 25.1 Å². The van der Waals surface area contributed by atoms with Gasteiger partial charge < -0.3 is 15.8 Å². The van der Waals surface area contributed by atoms with Gasteiger partial charge in [-0.3, -0.25) is 9.36 Å². The molecule has 1 aliphatic carbocycles. The van der Waals surface area contributed by atoms with Crippen LogP contribution in [0.3, 0.4) is 0 Å². The molecule has 0 unspecified atom stereocenters. The van der Waals surface area contributed by atoms with E-state index in [0.29, 0.717) is 23.7 Å². The number of hydrogen-bond acceptors (Lipinski definition) is 6. The maximum absolute atomic E-state index is 13.1. The van der Waals surface area contributed by atoms with Crippen LogP contribution in [0.2, 0.25) is 5.02 Å².